The molecule has 0 aromatic carbocycles. The summed E-state index contributed by atoms with van der Waals surface area (Å²) in [5, 5.41) is 0. The smallest absolute Gasteiger partial charge is 0.113 e. The molecule has 2 aromatic rings. The topological polar surface area (TPSA) is 30.2 Å². The fraction of sp³-hybridized carbons (Fsp3) is 0.250. The number of nitrogens with zero attached hydrogens (tertiary/aromatic N) is 3. The first kappa shape index (κ1) is 6.34. The van der Waals surface area contributed by atoms with E-state index in [0.29, 0.717) is 0 Å². The minimum atomic E-state index is 0.957. The van der Waals surface area contributed by atoms with Crippen molar-refractivity contribution in [2.75, 3.05) is 0 Å². The van der Waals surface area contributed by atoms with Crippen molar-refractivity contribution in [1.29, 1.82) is 0 Å². The number of aryl methyl sites for hydroxylation is 1. The fourth-order valence-electron chi connectivity index (χ4n) is 1.17. The van der Waals surface area contributed by atoms with E-state index in [9.17, 15) is 0 Å². The second-order valence-electron chi connectivity index (χ2n) is 2.40. The molecule has 56 valence electrons. The highest BCUT2D eigenvalue weighted by Gasteiger charge is 1.97. The maximum absolute atomic E-state index is 4.24. The summed E-state index contributed by atoms with van der Waals surface area (Å²) in [7, 11) is 0. The van der Waals surface area contributed by atoms with Gasteiger partial charge in [0.2, 0.25) is 0 Å². The van der Waals surface area contributed by atoms with Crippen molar-refractivity contribution in [2.45, 2.75) is 13.3 Å². The molecule has 0 amide bonds. The van der Waals surface area contributed by atoms with Gasteiger partial charge in [0.15, 0.2) is 0 Å². The Hall–Kier alpha value is -1.38. The molecule has 0 bridgehead atoms. The van der Waals surface area contributed by atoms with E-state index in [-0.39, 0.29) is 0 Å². The first-order chi connectivity index (χ1) is 5.42. The van der Waals surface area contributed by atoms with Crippen molar-refractivity contribution in [3.05, 3.63) is 30.6 Å². The van der Waals surface area contributed by atoms with Crippen molar-refractivity contribution < 1.29 is 0 Å². The highest BCUT2D eigenvalue weighted by molar-refractivity contribution is 5.42. The van der Waals surface area contributed by atoms with E-state index in [1.54, 1.807) is 6.20 Å². The molecule has 11 heavy (non-hydrogen) atoms. The summed E-state index contributed by atoms with van der Waals surface area (Å²) >= 11 is 0. The molecule has 3 nitrogen and oxygen atoms in total. The second-order valence-corrected chi connectivity index (χ2v) is 2.40. The monoisotopic (exact) mass is 147 g/mol. The minimum absolute atomic E-state index is 0.957. The lowest BCUT2D eigenvalue weighted by atomic mass is 10.4. The Morgan fingerprint density at radius 2 is 2.36 bits per heavy atom. The van der Waals surface area contributed by atoms with E-state index in [4.69, 9.17) is 0 Å². The second kappa shape index (κ2) is 2.34. The molecular formula is C8H9N3. The molecule has 0 aliphatic carbocycles. The normalized spacial score (nSPS) is 10.6. The standard InChI is InChI=1S/C8H9N3/c1-2-8-10-6-7-5-9-3-4-11(7)8/h3-6H,2H2,1H3. The Labute approximate surface area is 64.7 Å². The zero-order valence-electron chi connectivity index (χ0n) is 6.36. The van der Waals surface area contributed by atoms with Gasteiger partial charge in [0.25, 0.3) is 0 Å². The summed E-state index contributed by atoms with van der Waals surface area (Å²) < 4.78 is 2.05. The van der Waals surface area contributed by atoms with Crippen LogP contribution in [0.2, 0.25) is 0 Å². The van der Waals surface area contributed by atoms with Gasteiger partial charge in [-0.05, 0) is 0 Å². The molecule has 3 heteroatoms. The molecule has 2 aromatic heterocycles. The van der Waals surface area contributed by atoms with Gasteiger partial charge in [-0.2, -0.15) is 0 Å². The van der Waals surface area contributed by atoms with Crippen molar-refractivity contribution in [2.24, 2.45) is 0 Å². The molecule has 0 saturated heterocycles. The zero-order chi connectivity index (χ0) is 7.68. The van der Waals surface area contributed by atoms with Crippen molar-refractivity contribution in [3.8, 4) is 0 Å². The SMILES string of the molecule is CCc1ncc2cnccn12. The van der Waals surface area contributed by atoms with Crippen LogP contribution in [0.4, 0.5) is 0 Å². The van der Waals surface area contributed by atoms with Crippen LogP contribution in [0.15, 0.2) is 24.8 Å². The van der Waals surface area contributed by atoms with Gasteiger partial charge in [0, 0.05) is 18.8 Å². The summed E-state index contributed by atoms with van der Waals surface area (Å²) in [6.45, 7) is 2.09. The van der Waals surface area contributed by atoms with Crippen LogP contribution in [0.5, 0.6) is 0 Å². The highest BCUT2D eigenvalue weighted by Crippen LogP contribution is 2.03. The number of hydrogen-bond acceptors (Lipinski definition) is 2. The Kier molecular flexibility index (Phi) is 1.35. The maximum atomic E-state index is 4.24. The van der Waals surface area contributed by atoms with Crippen LogP contribution in [0, 0.1) is 0 Å². The lowest BCUT2D eigenvalue weighted by Gasteiger charge is -1.94. The Morgan fingerprint density at radius 1 is 1.45 bits per heavy atom. The minimum Gasteiger partial charge on any atom is -0.301 e. The van der Waals surface area contributed by atoms with Crippen LogP contribution in [-0.4, -0.2) is 14.4 Å². The molecule has 2 rings (SSSR count). The predicted octanol–water partition coefficient (Wildman–Crippen LogP) is 1.29. The van der Waals surface area contributed by atoms with Crippen LogP contribution in [0.25, 0.3) is 5.52 Å². The van der Waals surface area contributed by atoms with E-state index in [2.05, 4.69) is 16.9 Å². The Morgan fingerprint density at radius 3 is 3.18 bits per heavy atom. The van der Waals surface area contributed by atoms with Gasteiger partial charge in [-0.25, -0.2) is 4.98 Å². The number of hydrogen-bond donors (Lipinski definition) is 0. The predicted molar refractivity (Wildman–Crippen MR) is 42.4 cm³/mol. The van der Waals surface area contributed by atoms with Crippen LogP contribution < -0.4 is 0 Å². The highest BCUT2D eigenvalue weighted by atomic mass is 15.0. The third-order valence-electron chi connectivity index (χ3n) is 1.73. The van der Waals surface area contributed by atoms with Crippen LogP contribution in [-0.2, 0) is 6.42 Å². The third kappa shape index (κ3) is 0.888. The van der Waals surface area contributed by atoms with Crippen LogP contribution in [0.1, 0.15) is 12.7 Å². The Balaban J connectivity index is 2.76. The zero-order valence-corrected chi connectivity index (χ0v) is 6.36. The first-order valence-corrected chi connectivity index (χ1v) is 3.67. The molecule has 0 aliphatic heterocycles. The van der Waals surface area contributed by atoms with Gasteiger partial charge in [0.05, 0.1) is 17.9 Å². The molecule has 0 unspecified atom stereocenters. The van der Waals surface area contributed by atoms with E-state index >= 15 is 0 Å². The molecule has 0 fully saturated rings. The summed E-state index contributed by atoms with van der Waals surface area (Å²) in [6.07, 6.45) is 8.31. The number of rotatable bonds is 1. The maximum Gasteiger partial charge on any atom is 0.113 e. The quantitative estimate of drug-likeness (QED) is 0.608. The lowest BCUT2D eigenvalue weighted by molar-refractivity contribution is 0.927. The van der Waals surface area contributed by atoms with E-state index in [0.717, 1.165) is 17.8 Å². The Bertz CT molecular complexity index is 364. The van der Waals surface area contributed by atoms with Crippen molar-refractivity contribution >= 4 is 5.52 Å². The molecule has 0 aliphatic rings. The summed E-state index contributed by atoms with van der Waals surface area (Å²) in [5.74, 6) is 1.09. The van der Waals surface area contributed by atoms with Crippen LogP contribution in [0.3, 0.4) is 0 Å². The van der Waals surface area contributed by atoms with Gasteiger partial charge in [-0.3, -0.25) is 4.98 Å². The molecule has 0 spiro atoms. The van der Waals surface area contributed by atoms with Gasteiger partial charge in [0.1, 0.15) is 5.82 Å². The van der Waals surface area contributed by atoms with Gasteiger partial charge >= 0.3 is 0 Å². The fourth-order valence-corrected chi connectivity index (χ4v) is 1.17. The van der Waals surface area contributed by atoms with Crippen molar-refractivity contribution in [3.63, 3.8) is 0 Å². The summed E-state index contributed by atoms with van der Waals surface area (Å²) in [4.78, 5) is 8.24. The number of aromatic nitrogens is 3. The lowest BCUT2D eigenvalue weighted by Crippen LogP contribution is -1.91. The molecule has 2 heterocycles. The third-order valence-corrected chi connectivity index (χ3v) is 1.73. The molecular weight excluding hydrogens is 138 g/mol. The average Bonchev–Trinajstić information content (AvgIpc) is 2.47. The largest absolute Gasteiger partial charge is 0.301 e. The summed E-state index contributed by atoms with van der Waals surface area (Å²) in [5.41, 5.74) is 1.06. The van der Waals surface area contributed by atoms with E-state index in [1.807, 2.05) is 23.0 Å². The van der Waals surface area contributed by atoms with E-state index < -0.39 is 0 Å². The van der Waals surface area contributed by atoms with Crippen LogP contribution >= 0.6 is 0 Å². The average molecular weight is 147 g/mol. The van der Waals surface area contributed by atoms with E-state index in [1.165, 1.54) is 0 Å². The molecule has 0 saturated carbocycles. The first-order valence-electron chi connectivity index (χ1n) is 3.67. The van der Waals surface area contributed by atoms with Gasteiger partial charge < -0.3 is 4.40 Å². The molecule has 0 N–H and O–H groups in total. The van der Waals surface area contributed by atoms with Crippen molar-refractivity contribution in [1.82, 2.24) is 14.4 Å². The number of imidazole rings is 1. The number of fused-ring (bicyclic) bond motifs is 1. The molecule has 0 radical (unpaired) electrons. The van der Waals surface area contributed by atoms with Gasteiger partial charge in [-0.1, -0.05) is 6.92 Å². The van der Waals surface area contributed by atoms with Gasteiger partial charge in [-0.15, -0.1) is 0 Å². The summed E-state index contributed by atoms with van der Waals surface area (Å²) in [6, 6.07) is 0. The molecule has 0 atom stereocenters.